The minimum atomic E-state index is 0.0868. The molecule has 1 atom stereocenters. The molecule has 72 valence electrons. The van der Waals surface area contributed by atoms with Crippen molar-refractivity contribution in [3.05, 3.63) is 35.0 Å². The molecule has 1 heterocycles. The van der Waals surface area contributed by atoms with E-state index in [9.17, 15) is 0 Å². The Morgan fingerprint density at radius 1 is 1.69 bits per heavy atom. The van der Waals surface area contributed by atoms with Crippen LogP contribution in [0.4, 0.5) is 0 Å². The van der Waals surface area contributed by atoms with E-state index in [1.165, 1.54) is 5.56 Å². The van der Waals surface area contributed by atoms with Gasteiger partial charge in [-0.3, -0.25) is 0 Å². The molecular weight excluding hydrogens is 200 g/mol. The van der Waals surface area contributed by atoms with Crippen LogP contribution in [0, 0.1) is 5.41 Å². The highest BCUT2D eigenvalue weighted by molar-refractivity contribution is 7.07. The molecule has 0 aliphatic carbocycles. The molecule has 0 fully saturated rings. The molecule has 2 heteroatoms. The summed E-state index contributed by atoms with van der Waals surface area (Å²) in [4.78, 5) is 0. The molecule has 1 rings (SSSR count). The minimum Gasteiger partial charge on any atom is -0.152 e. The van der Waals surface area contributed by atoms with E-state index in [0.29, 0.717) is 5.88 Å². The van der Waals surface area contributed by atoms with Crippen molar-refractivity contribution in [3.63, 3.8) is 0 Å². The van der Waals surface area contributed by atoms with E-state index in [1.54, 1.807) is 11.3 Å². The number of alkyl halides is 1. The summed E-state index contributed by atoms with van der Waals surface area (Å²) >= 11 is 7.63. The van der Waals surface area contributed by atoms with Crippen LogP contribution in [0.2, 0.25) is 0 Å². The molecule has 1 aromatic heterocycles. The Labute approximate surface area is 89.2 Å². The normalized spacial score (nSPS) is 15.2. The molecule has 0 radical (unpaired) electrons. The van der Waals surface area contributed by atoms with Gasteiger partial charge in [0, 0.05) is 5.88 Å². The van der Waals surface area contributed by atoms with Gasteiger partial charge in [0.2, 0.25) is 0 Å². The molecule has 0 spiro atoms. The first-order chi connectivity index (χ1) is 6.20. The van der Waals surface area contributed by atoms with Gasteiger partial charge in [0.05, 0.1) is 0 Å². The molecule has 1 unspecified atom stereocenters. The van der Waals surface area contributed by atoms with E-state index in [-0.39, 0.29) is 5.41 Å². The van der Waals surface area contributed by atoms with Gasteiger partial charge in [-0.2, -0.15) is 11.3 Å². The van der Waals surface area contributed by atoms with E-state index in [2.05, 4.69) is 30.3 Å². The molecule has 0 saturated heterocycles. The van der Waals surface area contributed by atoms with Crippen LogP contribution in [0.1, 0.15) is 18.9 Å². The second kappa shape index (κ2) is 4.83. The van der Waals surface area contributed by atoms with Crippen molar-refractivity contribution in [2.45, 2.75) is 19.8 Å². The van der Waals surface area contributed by atoms with E-state index in [1.807, 2.05) is 6.08 Å². The van der Waals surface area contributed by atoms with Gasteiger partial charge in [-0.15, -0.1) is 18.2 Å². The summed E-state index contributed by atoms with van der Waals surface area (Å²) in [6, 6.07) is 2.17. The molecule has 0 N–H and O–H groups in total. The maximum absolute atomic E-state index is 5.88. The average molecular weight is 215 g/mol. The number of thiophene rings is 1. The van der Waals surface area contributed by atoms with Gasteiger partial charge < -0.3 is 0 Å². The quantitative estimate of drug-likeness (QED) is 0.511. The molecule has 1 aromatic rings. The fourth-order valence-corrected chi connectivity index (χ4v) is 2.03. The molecule has 0 aromatic carbocycles. The van der Waals surface area contributed by atoms with E-state index in [4.69, 9.17) is 11.6 Å². The second-order valence-corrected chi connectivity index (χ2v) is 4.67. The van der Waals surface area contributed by atoms with Gasteiger partial charge in [-0.25, -0.2) is 0 Å². The van der Waals surface area contributed by atoms with Crippen molar-refractivity contribution in [1.29, 1.82) is 0 Å². The van der Waals surface area contributed by atoms with E-state index < -0.39 is 0 Å². The van der Waals surface area contributed by atoms with Crippen LogP contribution < -0.4 is 0 Å². The predicted octanol–water partition coefficient (Wildman–Crippen LogP) is 4.11. The van der Waals surface area contributed by atoms with Gasteiger partial charge in [-0.1, -0.05) is 13.0 Å². The van der Waals surface area contributed by atoms with Crippen LogP contribution in [0.3, 0.4) is 0 Å². The summed E-state index contributed by atoms with van der Waals surface area (Å²) in [6.45, 7) is 5.97. The molecule has 0 aliphatic rings. The number of rotatable bonds is 5. The molecule has 0 nitrogen and oxygen atoms in total. The fourth-order valence-electron chi connectivity index (χ4n) is 1.09. The Balaban J connectivity index is 2.45. The number of allylic oxidation sites excluding steroid dienone is 1. The third kappa shape index (κ3) is 3.17. The zero-order valence-corrected chi connectivity index (χ0v) is 9.50. The maximum atomic E-state index is 5.88. The summed E-state index contributed by atoms with van der Waals surface area (Å²) in [6.07, 6.45) is 4.14. The summed E-state index contributed by atoms with van der Waals surface area (Å²) in [5.41, 5.74) is 1.49. The lowest BCUT2D eigenvalue weighted by Gasteiger charge is -2.21. The smallest absolute Gasteiger partial charge is 0.0311 e. The highest BCUT2D eigenvalue weighted by Gasteiger charge is 2.18. The Morgan fingerprint density at radius 3 is 2.92 bits per heavy atom. The van der Waals surface area contributed by atoms with Crippen molar-refractivity contribution < 1.29 is 0 Å². The molecule has 0 amide bonds. The Bertz CT molecular complexity index is 253. The monoisotopic (exact) mass is 214 g/mol. The van der Waals surface area contributed by atoms with Crippen molar-refractivity contribution >= 4 is 22.9 Å². The van der Waals surface area contributed by atoms with Crippen LogP contribution >= 0.6 is 22.9 Å². The predicted molar refractivity (Wildman–Crippen MR) is 61.7 cm³/mol. The van der Waals surface area contributed by atoms with Crippen molar-refractivity contribution in [3.8, 4) is 0 Å². The average Bonchev–Trinajstić information content (AvgIpc) is 2.67. The lowest BCUT2D eigenvalue weighted by molar-refractivity contribution is 0.446. The lowest BCUT2D eigenvalue weighted by Crippen LogP contribution is -2.15. The zero-order chi connectivity index (χ0) is 9.73. The van der Waals surface area contributed by atoms with Gasteiger partial charge in [0.25, 0.3) is 0 Å². The standard InChI is InChI=1S/C11H15ClS/c1-3-11(2,9-12)6-4-10-5-7-13-8-10/h3,5,7-8H,1,4,6,9H2,2H3. The number of hydrogen-bond acceptors (Lipinski definition) is 1. The van der Waals surface area contributed by atoms with Gasteiger partial charge in [-0.05, 0) is 40.6 Å². The van der Waals surface area contributed by atoms with E-state index >= 15 is 0 Å². The molecule has 0 saturated carbocycles. The van der Waals surface area contributed by atoms with Crippen LogP contribution in [0.15, 0.2) is 29.5 Å². The number of halogens is 1. The van der Waals surface area contributed by atoms with Crippen molar-refractivity contribution in [2.75, 3.05) is 5.88 Å². The first kappa shape index (κ1) is 10.8. The highest BCUT2D eigenvalue weighted by Crippen LogP contribution is 2.26. The van der Waals surface area contributed by atoms with Crippen molar-refractivity contribution in [1.82, 2.24) is 0 Å². The third-order valence-corrected chi connectivity index (χ3v) is 3.71. The maximum Gasteiger partial charge on any atom is 0.0311 e. The Kier molecular flexibility index (Phi) is 4.01. The van der Waals surface area contributed by atoms with Crippen LogP contribution in [-0.4, -0.2) is 5.88 Å². The number of aryl methyl sites for hydroxylation is 1. The highest BCUT2D eigenvalue weighted by atomic mass is 35.5. The zero-order valence-electron chi connectivity index (χ0n) is 7.92. The topological polar surface area (TPSA) is 0 Å². The Morgan fingerprint density at radius 2 is 2.46 bits per heavy atom. The van der Waals surface area contributed by atoms with Crippen molar-refractivity contribution in [2.24, 2.45) is 5.41 Å². The van der Waals surface area contributed by atoms with Crippen LogP contribution in [0.25, 0.3) is 0 Å². The van der Waals surface area contributed by atoms with Gasteiger partial charge >= 0.3 is 0 Å². The largest absolute Gasteiger partial charge is 0.152 e. The first-order valence-electron chi connectivity index (χ1n) is 4.41. The number of hydrogen-bond donors (Lipinski definition) is 0. The second-order valence-electron chi connectivity index (χ2n) is 3.62. The Hall–Kier alpha value is -0.270. The van der Waals surface area contributed by atoms with Gasteiger partial charge in [0.15, 0.2) is 0 Å². The van der Waals surface area contributed by atoms with Crippen LogP contribution in [0.5, 0.6) is 0 Å². The lowest BCUT2D eigenvalue weighted by atomic mass is 9.87. The van der Waals surface area contributed by atoms with Gasteiger partial charge in [0.1, 0.15) is 0 Å². The SMILES string of the molecule is C=CC(C)(CCl)CCc1ccsc1. The fraction of sp³-hybridized carbons (Fsp3) is 0.455. The summed E-state index contributed by atoms with van der Waals surface area (Å²) in [5, 5.41) is 4.30. The molecule has 13 heavy (non-hydrogen) atoms. The molecule has 0 aliphatic heterocycles. The van der Waals surface area contributed by atoms with Crippen LogP contribution in [-0.2, 0) is 6.42 Å². The van der Waals surface area contributed by atoms with E-state index in [0.717, 1.165) is 12.8 Å². The molecular formula is C11H15ClS. The summed E-state index contributed by atoms with van der Waals surface area (Å²) in [7, 11) is 0. The third-order valence-electron chi connectivity index (χ3n) is 2.36. The summed E-state index contributed by atoms with van der Waals surface area (Å²) < 4.78 is 0. The molecule has 0 bridgehead atoms. The minimum absolute atomic E-state index is 0.0868. The first-order valence-corrected chi connectivity index (χ1v) is 5.88. The summed E-state index contributed by atoms with van der Waals surface area (Å²) in [5.74, 6) is 0.653.